The molecule has 3 aliphatic rings. The summed E-state index contributed by atoms with van der Waals surface area (Å²) in [6.45, 7) is 2.00. The van der Waals surface area contributed by atoms with E-state index in [9.17, 15) is 9.59 Å². The molecule has 0 atom stereocenters. The molecule has 3 heterocycles. The SMILES string of the molecule is C1CCOC1.O=C(CCl)NC1CCCC1.O=C(CSc1nc(-c2ccccc2)no1)NC1CCCC1.S=c1nc(-c2ccccc2)[nH]o1. The van der Waals surface area contributed by atoms with Gasteiger partial charge in [-0.2, -0.15) is 9.97 Å². The molecule has 14 heteroatoms. The third-order valence-electron chi connectivity index (χ3n) is 7.64. The Hall–Kier alpha value is -3.52. The predicted molar refractivity (Wildman–Crippen MR) is 189 cm³/mol. The minimum Gasteiger partial charge on any atom is -0.381 e. The number of aromatic nitrogens is 4. The highest BCUT2D eigenvalue weighted by molar-refractivity contribution is 7.99. The van der Waals surface area contributed by atoms with Gasteiger partial charge in [0.15, 0.2) is 5.82 Å². The molecule has 2 aromatic heterocycles. The molecular formula is C34H43ClN6O5S2. The van der Waals surface area contributed by atoms with Crippen LogP contribution in [0.2, 0.25) is 0 Å². The molecule has 2 saturated carbocycles. The standard InChI is InChI=1S/C15H17N3O2S.C8H6N2OS.C7H12ClNO.C4H8O/c19-13(16-12-8-4-5-9-12)10-21-15-17-14(18-20-15)11-6-2-1-3-7-11;12-8-9-7(10-11-8)6-4-2-1-3-5-6;8-5-7(10)9-6-3-1-2-4-6;1-2-4-5-3-1/h1-3,6-7,12H,4-5,8-10H2,(H,16,19);1-5H,(H,9,10,12);6H,1-5H2,(H,9,10);1-4H2. The molecule has 48 heavy (non-hydrogen) atoms. The summed E-state index contributed by atoms with van der Waals surface area (Å²) in [5.74, 6) is 1.62. The molecule has 0 unspecified atom stereocenters. The molecule has 0 spiro atoms. The molecule has 1 aliphatic heterocycles. The van der Waals surface area contributed by atoms with Gasteiger partial charge >= 0.3 is 4.84 Å². The minimum absolute atomic E-state index is 0.0337. The van der Waals surface area contributed by atoms with E-state index >= 15 is 0 Å². The lowest BCUT2D eigenvalue weighted by Crippen LogP contribution is -2.33. The molecule has 3 N–H and O–H groups in total. The van der Waals surface area contributed by atoms with Crippen molar-refractivity contribution in [1.82, 2.24) is 30.9 Å². The Labute approximate surface area is 295 Å². The Morgan fingerprint density at radius 1 is 0.812 bits per heavy atom. The average molecular weight is 715 g/mol. The molecule has 11 nitrogen and oxygen atoms in total. The van der Waals surface area contributed by atoms with Gasteiger partial charge in [0, 0.05) is 36.4 Å². The number of rotatable bonds is 8. The summed E-state index contributed by atoms with van der Waals surface area (Å²) in [5.41, 5.74) is 1.88. The summed E-state index contributed by atoms with van der Waals surface area (Å²) in [6.07, 6.45) is 11.9. The highest BCUT2D eigenvalue weighted by Crippen LogP contribution is 2.22. The Morgan fingerprint density at radius 2 is 1.38 bits per heavy atom. The third-order valence-corrected chi connectivity index (χ3v) is 8.88. The number of alkyl halides is 1. The summed E-state index contributed by atoms with van der Waals surface area (Å²) < 4.78 is 14.9. The van der Waals surface area contributed by atoms with Crippen molar-refractivity contribution >= 4 is 47.4 Å². The van der Waals surface area contributed by atoms with Crippen molar-refractivity contribution in [2.45, 2.75) is 81.5 Å². The van der Waals surface area contributed by atoms with Crippen LogP contribution in [0.1, 0.15) is 64.2 Å². The number of carbonyl (C=O) groups is 2. The first-order chi connectivity index (χ1) is 23.5. The van der Waals surface area contributed by atoms with Gasteiger partial charge in [0.1, 0.15) is 5.88 Å². The summed E-state index contributed by atoms with van der Waals surface area (Å²) in [6, 6.07) is 20.1. The van der Waals surface area contributed by atoms with E-state index < -0.39 is 0 Å². The smallest absolute Gasteiger partial charge is 0.314 e. The second-order valence-electron chi connectivity index (χ2n) is 11.4. The summed E-state index contributed by atoms with van der Waals surface area (Å²) >= 11 is 11.3. The van der Waals surface area contributed by atoms with Crippen LogP contribution in [0.25, 0.3) is 22.8 Å². The van der Waals surface area contributed by atoms with Crippen molar-refractivity contribution < 1.29 is 23.4 Å². The second kappa shape index (κ2) is 21.5. The van der Waals surface area contributed by atoms with Crippen molar-refractivity contribution in [3.63, 3.8) is 0 Å². The number of carbonyl (C=O) groups excluding carboxylic acids is 2. The molecular weight excluding hydrogens is 672 g/mol. The lowest BCUT2D eigenvalue weighted by atomic mass is 10.2. The van der Waals surface area contributed by atoms with Gasteiger partial charge in [-0.25, -0.2) is 5.16 Å². The fourth-order valence-corrected chi connectivity index (χ4v) is 6.02. The van der Waals surface area contributed by atoms with Crippen molar-refractivity contribution in [2.24, 2.45) is 0 Å². The number of aromatic amines is 1. The van der Waals surface area contributed by atoms with E-state index in [-0.39, 0.29) is 22.5 Å². The number of benzene rings is 2. The molecule has 7 rings (SSSR count). The first kappa shape index (κ1) is 37.3. The van der Waals surface area contributed by atoms with Crippen LogP contribution in [0.3, 0.4) is 0 Å². The van der Waals surface area contributed by atoms with Crippen molar-refractivity contribution in [2.75, 3.05) is 24.8 Å². The van der Waals surface area contributed by atoms with Crippen LogP contribution in [0, 0.1) is 4.84 Å². The molecule has 1 saturated heterocycles. The average Bonchev–Trinajstić information content (AvgIpc) is 3.97. The summed E-state index contributed by atoms with van der Waals surface area (Å²) in [5, 5.41) is 12.9. The number of hydrogen-bond donors (Lipinski definition) is 3. The van der Waals surface area contributed by atoms with Gasteiger partial charge in [-0.3, -0.25) is 9.59 Å². The predicted octanol–water partition coefficient (Wildman–Crippen LogP) is 7.37. The van der Waals surface area contributed by atoms with Crippen molar-refractivity contribution in [1.29, 1.82) is 0 Å². The maximum Gasteiger partial charge on any atom is 0.314 e. The summed E-state index contributed by atoms with van der Waals surface area (Å²) in [7, 11) is 0. The van der Waals surface area contributed by atoms with E-state index in [1.165, 1.54) is 50.3 Å². The Kier molecular flexibility index (Phi) is 16.7. The zero-order chi connectivity index (χ0) is 33.8. The van der Waals surface area contributed by atoms with Gasteiger partial charge < -0.3 is 24.4 Å². The van der Waals surface area contributed by atoms with Crippen LogP contribution >= 0.6 is 35.6 Å². The zero-order valence-electron chi connectivity index (χ0n) is 26.9. The number of ether oxygens (including phenoxy) is 1. The monoisotopic (exact) mass is 714 g/mol. The number of halogens is 1. The lowest BCUT2D eigenvalue weighted by Gasteiger charge is -2.10. The number of nitrogens with zero attached hydrogens (tertiary/aromatic N) is 3. The molecule has 4 aromatic rings. The van der Waals surface area contributed by atoms with Crippen LogP contribution in [0.5, 0.6) is 0 Å². The van der Waals surface area contributed by atoms with Crippen molar-refractivity contribution in [3.8, 4) is 22.8 Å². The Morgan fingerprint density at radius 3 is 1.88 bits per heavy atom. The van der Waals surface area contributed by atoms with E-state index in [1.807, 2.05) is 60.7 Å². The lowest BCUT2D eigenvalue weighted by molar-refractivity contribution is -0.120. The molecule has 2 aromatic carbocycles. The first-order valence-corrected chi connectivity index (χ1v) is 18.3. The van der Waals surface area contributed by atoms with E-state index in [0.29, 0.717) is 34.7 Å². The van der Waals surface area contributed by atoms with Crippen LogP contribution in [-0.4, -0.2) is 69.0 Å². The highest BCUT2D eigenvalue weighted by Gasteiger charge is 2.18. The number of H-pyrrole nitrogens is 1. The van der Waals surface area contributed by atoms with E-state index in [2.05, 4.69) is 30.9 Å². The van der Waals surface area contributed by atoms with E-state index in [0.717, 1.165) is 50.0 Å². The topological polar surface area (TPSA) is 148 Å². The van der Waals surface area contributed by atoms with Crippen LogP contribution in [0.15, 0.2) is 74.9 Å². The molecule has 2 aliphatic carbocycles. The zero-order valence-corrected chi connectivity index (χ0v) is 29.3. The van der Waals surface area contributed by atoms with E-state index in [4.69, 9.17) is 37.6 Å². The quantitative estimate of drug-likeness (QED) is 0.0960. The van der Waals surface area contributed by atoms with Gasteiger partial charge in [-0.15, -0.1) is 11.6 Å². The van der Waals surface area contributed by atoms with Gasteiger partial charge in [0.2, 0.25) is 17.6 Å². The normalized spacial score (nSPS) is 15.7. The maximum absolute atomic E-state index is 11.8. The van der Waals surface area contributed by atoms with Crippen molar-refractivity contribution in [3.05, 3.63) is 65.5 Å². The van der Waals surface area contributed by atoms with E-state index in [1.54, 1.807) is 0 Å². The van der Waals surface area contributed by atoms with Gasteiger partial charge in [0.05, 0.1) is 5.75 Å². The summed E-state index contributed by atoms with van der Waals surface area (Å²) in [4.78, 5) is 31.0. The van der Waals surface area contributed by atoms with Gasteiger partial charge in [0.25, 0.3) is 5.22 Å². The highest BCUT2D eigenvalue weighted by atomic mass is 35.5. The fourth-order valence-electron chi connectivity index (χ4n) is 5.23. The Bertz CT molecular complexity index is 1530. The molecule has 258 valence electrons. The minimum atomic E-state index is -0.0337. The number of thioether (sulfide) groups is 1. The Balaban J connectivity index is 0.000000162. The fraction of sp³-hybridized carbons (Fsp3) is 0.471. The first-order valence-electron chi connectivity index (χ1n) is 16.4. The number of nitrogens with one attached hydrogen (secondary N) is 3. The van der Waals surface area contributed by atoms with Crippen LogP contribution < -0.4 is 10.6 Å². The molecule has 2 amide bonds. The largest absolute Gasteiger partial charge is 0.381 e. The second-order valence-corrected chi connectivity index (χ2v) is 12.9. The maximum atomic E-state index is 11.8. The molecule has 0 bridgehead atoms. The third kappa shape index (κ3) is 13.9. The number of amides is 2. The molecule has 3 fully saturated rings. The van der Waals surface area contributed by atoms with Gasteiger partial charge in [-0.05, 0) is 50.7 Å². The van der Waals surface area contributed by atoms with Crippen LogP contribution in [0.4, 0.5) is 0 Å². The van der Waals surface area contributed by atoms with Crippen LogP contribution in [-0.2, 0) is 14.3 Å². The number of hydrogen-bond acceptors (Lipinski definition) is 10. The molecule has 0 radical (unpaired) electrons. The van der Waals surface area contributed by atoms with Gasteiger partial charge in [-0.1, -0.05) is 103 Å².